The first-order valence-corrected chi connectivity index (χ1v) is 12.9. The minimum Gasteiger partial charge on any atom is -0.361 e. The van der Waals surface area contributed by atoms with Gasteiger partial charge < -0.3 is 9.88 Å². The van der Waals surface area contributed by atoms with E-state index in [9.17, 15) is 13.2 Å². The van der Waals surface area contributed by atoms with Gasteiger partial charge in [0.2, 0.25) is 15.9 Å². The zero-order valence-corrected chi connectivity index (χ0v) is 20.2. The SMILES string of the molecule is Cc1ccc(S(=O)(=O)N[C@H](CC(C)C)C(=O)N2CC=C(c3c[nH]c4ccccc34)CC2)cc1. The Kier molecular flexibility index (Phi) is 6.72. The van der Waals surface area contributed by atoms with Gasteiger partial charge in [0.15, 0.2) is 0 Å². The molecule has 1 aromatic heterocycles. The number of H-pyrrole nitrogens is 1. The fourth-order valence-electron chi connectivity index (χ4n) is 4.32. The molecule has 0 fully saturated rings. The summed E-state index contributed by atoms with van der Waals surface area (Å²) in [6.07, 6.45) is 5.27. The quantitative estimate of drug-likeness (QED) is 0.540. The van der Waals surface area contributed by atoms with Crippen LogP contribution in [0.5, 0.6) is 0 Å². The summed E-state index contributed by atoms with van der Waals surface area (Å²) in [5.74, 6) is -0.00426. The number of nitrogens with zero attached hydrogens (tertiary/aromatic N) is 1. The molecule has 2 heterocycles. The van der Waals surface area contributed by atoms with Gasteiger partial charge in [0.1, 0.15) is 6.04 Å². The number of para-hydroxylation sites is 1. The van der Waals surface area contributed by atoms with E-state index in [0.717, 1.165) is 23.1 Å². The highest BCUT2D eigenvalue weighted by Crippen LogP contribution is 2.29. The lowest BCUT2D eigenvalue weighted by Crippen LogP contribution is -2.50. The highest BCUT2D eigenvalue weighted by Gasteiger charge is 2.31. The molecule has 174 valence electrons. The number of hydrogen-bond donors (Lipinski definition) is 2. The number of aryl methyl sites for hydroxylation is 1. The molecular weight excluding hydrogens is 434 g/mol. The van der Waals surface area contributed by atoms with Gasteiger partial charge in [-0.15, -0.1) is 0 Å². The maximum atomic E-state index is 13.4. The minimum atomic E-state index is -3.79. The van der Waals surface area contributed by atoms with Crippen molar-refractivity contribution in [3.63, 3.8) is 0 Å². The largest absolute Gasteiger partial charge is 0.361 e. The monoisotopic (exact) mass is 465 g/mol. The molecule has 4 rings (SSSR count). The minimum absolute atomic E-state index is 0.168. The second kappa shape index (κ2) is 9.53. The molecule has 6 nitrogen and oxygen atoms in total. The number of fused-ring (bicyclic) bond motifs is 1. The Bertz CT molecular complexity index is 1270. The third-order valence-electron chi connectivity index (χ3n) is 6.09. The van der Waals surface area contributed by atoms with E-state index in [0.29, 0.717) is 19.5 Å². The van der Waals surface area contributed by atoms with E-state index in [-0.39, 0.29) is 16.7 Å². The Balaban J connectivity index is 1.51. The smallest absolute Gasteiger partial charge is 0.241 e. The van der Waals surface area contributed by atoms with E-state index < -0.39 is 16.1 Å². The lowest BCUT2D eigenvalue weighted by molar-refractivity contribution is -0.133. The lowest BCUT2D eigenvalue weighted by Gasteiger charge is -2.31. The molecule has 0 bridgehead atoms. The van der Waals surface area contributed by atoms with Crippen LogP contribution >= 0.6 is 0 Å². The summed E-state index contributed by atoms with van der Waals surface area (Å²) >= 11 is 0. The number of hydrogen-bond acceptors (Lipinski definition) is 3. The molecule has 3 aromatic rings. The normalized spacial score (nSPS) is 15.6. The summed E-state index contributed by atoms with van der Waals surface area (Å²) in [4.78, 5) is 18.6. The van der Waals surface area contributed by atoms with Gasteiger partial charge in [0.25, 0.3) is 0 Å². The Morgan fingerprint density at radius 2 is 1.85 bits per heavy atom. The van der Waals surface area contributed by atoms with E-state index >= 15 is 0 Å². The van der Waals surface area contributed by atoms with Crippen LogP contribution in [0, 0.1) is 12.8 Å². The molecule has 1 amide bonds. The fraction of sp³-hybridized carbons (Fsp3) is 0.346. The van der Waals surface area contributed by atoms with Crippen LogP contribution in [0.4, 0.5) is 0 Å². The molecule has 2 N–H and O–H groups in total. The Morgan fingerprint density at radius 1 is 1.12 bits per heavy atom. The first-order chi connectivity index (χ1) is 15.7. The molecule has 1 atom stereocenters. The Labute approximate surface area is 195 Å². The maximum Gasteiger partial charge on any atom is 0.241 e. The van der Waals surface area contributed by atoms with Crippen LogP contribution in [0.25, 0.3) is 16.5 Å². The van der Waals surface area contributed by atoms with Crippen molar-refractivity contribution in [2.24, 2.45) is 5.92 Å². The van der Waals surface area contributed by atoms with Crippen molar-refractivity contribution in [1.29, 1.82) is 0 Å². The van der Waals surface area contributed by atoms with E-state index in [4.69, 9.17) is 0 Å². The van der Waals surface area contributed by atoms with Crippen molar-refractivity contribution in [2.45, 2.75) is 44.6 Å². The van der Waals surface area contributed by atoms with Crippen molar-refractivity contribution in [3.8, 4) is 0 Å². The Hall–Kier alpha value is -2.90. The first-order valence-electron chi connectivity index (χ1n) is 11.4. The molecular formula is C26H31N3O3S. The Morgan fingerprint density at radius 3 is 2.52 bits per heavy atom. The third-order valence-corrected chi connectivity index (χ3v) is 7.58. The summed E-state index contributed by atoms with van der Waals surface area (Å²) in [5, 5.41) is 1.17. The molecule has 1 aliphatic heterocycles. The van der Waals surface area contributed by atoms with Gasteiger partial charge in [-0.05, 0) is 49.5 Å². The highest BCUT2D eigenvalue weighted by molar-refractivity contribution is 7.89. The van der Waals surface area contributed by atoms with Crippen molar-refractivity contribution >= 4 is 32.4 Å². The maximum absolute atomic E-state index is 13.4. The predicted molar refractivity (Wildman–Crippen MR) is 132 cm³/mol. The molecule has 2 aromatic carbocycles. The van der Waals surface area contributed by atoms with Crippen LogP contribution in [0.2, 0.25) is 0 Å². The number of rotatable bonds is 7. The van der Waals surface area contributed by atoms with E-state index in [1.807, 2.05) is 39.1 Å². The number of sulfonamides is 1. The van der Waals surface area contributed by atoms with Crippen LogP contribution in [-0.4, -0.2) is 43.3 Å². The number of amides is 1. The van der Waals surface area contributed by atoms with Gasteiger partial charge in [-0.25, -0.2) is 8.42 Å². The van der Waals surface area contributed by atoms with Crippen molar-refractivity contribution in [2.75, 3.05) is 13.1 Å². The van der Waals surface area contributed by atoms with E-state index in [1.54, 1.807) is 29.2 Å². The van der Waals surface area contributed by atoms with Gasteiger partial charge in [-0.2, -0.15) is 4.72 Å². The van der Waals surface area contributed by atoms with Crippen molar-refractivity contribution in [1.82, 2.24) is 14.6 Å². The number of aromatic nitrogens is 1. The standard InChI is InChI=1S/C26H31N3O3S/c1-18(2)16-25(28-33(31,32)21-10-8-19(3)9-11-21)26(30)29-14-12-20(13-15-29)23-17-27-24-7-5-4-6-22(23)24/h4-12,17-18,25,27-28H,13-16H2,1-3H3/t25-/m1/s1. The number of carbonyl (C=O) groups is 1. The number of benzene rings is 2. The average molecular weight is 466 g/mol. The highest BCUT2D eigenvalue weighted by atomic mass is 32.2. The third kappa shape index (κ3) is 5.20. The van der Waals surface area contributed by atoms with Gasteiger partial charge >= 0.3 is 0 Å². The van der Waals surface area contributed by atoms with Gasteiger partial charge in [0, 0.05) is 35.8 Å². The van der Waals surface area contributed by atoms with Crippen LogP contribution in [0.15, 0.2) is 65.7 Å². The average Bonchev–Trinajstić information content (AvgIpc) is 3.22. The van der Waals surface area contributed by atoms with Gasteiger partial charge in [0.05, 0.1) is 4.90 Å². The van der Waals surface area contributed by atoms with Crippen LogP contribution in [0.1, 0.15) is 37.8 Å². The topological polar surface area (TPSA) is 82.3 Å². The second-order valence-corrected chi connectivity index (χ2v) is 10.8. The van der Waals surface area contributed by atoms with Gasteiger partial charge in [-0.1, -0.05) is 55.8 Å². The van der Waals surface area contributed by atoms with Crippen molar-refractivity contribution in [3.05, 3.63) is 71.9 Å². The predicted octanol–water partition coefficient (Wildman–Crippen LogP) is 4.49. The molecule has 33 heavy (non-hydrogen) atoms. The van der Waals surface area contributed by atoms with Crippen LogP contribution in [0.3, 0.4) is 0 Å². The summed E-state index contributed by atoms with van der Waals surface area (Å²) in [5.41, 5.74) is 4.44. The molecule has 0 saturated carbocycles. The first kappa shape index (κ1) is 23.3. The van der Waals surface area contributed by atoms with Crippen molar-refractivity contribution < 1.29 is 13.2 Å². The summed E-state index contributed by atoms with van der Waals surface area (Å²) in [7, 11) is -3.79. The molecule has 0 saturated heterocycles. The molecule has 0 radical (unpaired) electrons. The summed E-state index contributed by atoms with van der Waals surface area (Å²) < 4.78 is 28.6. The van der Waals surface area contributed by atoms with Crippen LogP contribution in [-0.2, 0) is 14.8 Å². The molecule has 0 unspecified atom stereocenters. The lowest BCUT2D eigenvalue weighted by atomic mass is 9.97. The number of aromatic amines is 1. The zero-order chi connectivity index (χ0) is 23.6. The number of nitrogens with one attached hydrogen (secondary N) is 2. The molecule has 0 aliphatic carbocycles. The summed E-state index contributed by atoms with van der Waals surface area (Å²) in [6.45, 7) is 6.92. The zero-order valence-electron chi connectivity index (χ0n) is 19.3. The molecule has 0 spiro atoms. The summed E-state index contributed by atoms with van der Waals surface area (Å²) in [6, 6.07) is 14.1. The fourth-order valence-corrected chi connectivity index (χ4v) is 5.52. The van der Waals surface area contributed by atoms with E-state index in [1.165, 1.54) is 11.0 Å². The number of carbonyl (C=O) groups excluding carboxylic acids is 1. The van der Waals surface area contributed by atoms with Gasteiger partial charge in [-0.3, -0.25) is 4.79 Å². The second-order valence-electron chi connectivity index (χ2n) is 9.13. The molecule has 1 aliphatic rings. The molecule has 7 heteroatoms. The van der Waals surface area contributed by atoms with Crippen LogP contribution < -0.4 is 4.72 Å². The van der Waals surface area contributed by atoms with E-state index in [2.05, 4.69) is 27.9 Å².